The van der Waals surface area contributed by atoms with E-state index in [2.05, 4.69) is 32.4 Å². The quantitative estimate of drug-likeness (QED) is 0.567. The zero-order valence-corrected chi connectivity index (χ0v) is 16.3. The molecule has 2 atom stereocenters. The van der Waals surface area contributed by atoms with Crippen LogP contribution in [-0.4, -0.2) is 81.4 Å². The summed E-state index contributed by atoms with van der Waals surface area (Å²) in [6.45, 7) is 9.37. The van der Waals surface area contributed by atoms with Gasteiger partial charge in [-0.2, -0.15) is 0 Å². The van der Waals surface area contributed by atoms with Crippen LogP contribution in [0.1, 0.15) is 13.3 Å². The molecule has 0 amide bonds. The van der Waals surface area contributed by atoms with Gasteiger partial charge in [0.1, 0.15) is 0 Å². The lowest BCUT2D eigenvalue weighted by Gasteiger charge is -2.29. The summed E-state index contributed by atoms with van der Waals surface area (Å²) >= 11 is 0. The zero-order valence-electron chi connectivity index (χ0n) is 16.3. The molecule has 0 saturated carbocycles. The number of hydrogen-bond acceptors (Lipinski definition) is 5. The molecule has 2 unspecified atom stereocenters. The summed E-state index contributed by atoms with van der Waals surface area (Å²) in [6, 6.07) is 3.31. The van der Waals surface area contributed by atoms with Crippen molar-refractivity contribution in [2.45, 2.75) is 19.4 Å². The van der Waals surface area contributed by atoms with Crippen LogP contribution in [-0.2, 0) is 4.74 Å². The van der Waals surface area contributed by atoms with Gasteiger partial charge in [-0.15, -0.1) is 0 Å². The van der Waals surface area contributed by atoms with Gasteiger partial charge in [0.05, 0.1) is 13.2 Å². The minimum absolute atomic E-state index is 0.229. The summed E-state index contributed by atoms with van der Waals surface area (Å²) in [5, 5.41) is 6.88. The predicted octanol–water partition coefficient (Wildman–Crippen LogP) is 0.933. The largest absolute Gasteiger partial charge is 0.379 e. The Hall–Kier alpha value is -1.93. The highest BCUT2D eigenvalue weighted by atomic mass is 19.1. The van der Waals surface area contributed by atoms with E-state index < -0.39 is 0 Å². The third-order valence-corrected chi connectivity index (χ3v) is 5.08. The highest BCUT2D eigenvalue weighted by Crippen LogP contribution is 2.20. The molecule has 7 nitrogen and oxygen atoms in total. The van der Waals surface area contributed by atoms with Crippen LogP contribution < -0.4 is 15.5 Å². The van der Waals surface area contributed by atoms with E-state index in [1.54, 1.807) is 19.3 Å². The van der Waals surface area contributed by atoms with Crippen molar-refractivity contribution in [2.75, 3.05) is 64.4 Å². The smallest absolute Gasteiger partial charge is 0.191 e. The second-order valence-corrected chi connectivity index (χ2v) is 7.36. The van der Waals surface area contributed by atoms with Crippen molar-refractivity contribution in [3.63, 3.8) is 0 Å². The number of morpholine rings is 1. The molecule has 2 saturated heterocycles. The van der Waals surface area contributed by atoms with Crippen LogP contribution in [0.4, 0.5) is 10.2 Å². The van der Waals surface area contributed by atoms with E-state index in [-0.39, 0.29) is 11.9 Å². The Morgan fingerprint density at radius 2 is 2.22 bits per heavy atom. The third-order valence-electron chi connectivity index (χ3n) is 5.08. The molecule has 3 heterocycles. The van der Waals surface area contributed by atoms with Gasteiger partial charge in [0.2, 0.25) is 0 Å². The molecule has 3 rings (SSSR count). The highest BCUT2D eigenvalue weighted by molar-refractivity contribution is 5.80. The summed E-state index contributed by atoms with van der Waals surface area (Å²) in [5.41, 5.74) is 0. The number of aliphatic imine (C=N–C) groups is 1. The lowest BCUT2D eigenvalue weighted by Crippen LogP contribution is -2.47. The molecule has 0 aromatic carbocycles. The number of nitrogens with one attached hydrogen (secondary N) is 2. The first-order chi connectivity index (χ1) is 13.2. The molecule has 0 bridgehead atoms. The molecule has 2 N–H and O–H groups in total. The lowest BCUT2D eigenvalue weighted by molar-refractivity contribution is 0.0320. The third kappa shape index (κ3) is 5.77. The van der Waals surface area contributed by atoms with Gasteiger partial charge in [-0.3, -0.25) is 9.89 Å². The summed E-state index contributed by atoms with van der Waals surface area (Å²) in [7, 11) is 1.78. The number of anilines is 1. The fourth-order valence-corrected chi connectivity index (χ4v) is 3.63. The molecular formula is C19H31FN6O. The lowest BCUT2D eigenvalue weighted by atomic mass is 10.1. The molecule has 2 aliphatic rings. The normalized spacial score (nSPS) is 22.7. The molecule has 2 aliphatic heterocycles. The monoisotopic (exact) mass is 378 g/mol. The SMILES string of the molecule is CN=C(NCC(C)CN1CCOCC1)NC1CCN(c2ncccc2F)C1. The van der Waals surface area contributed by atoms with Gasteiger partial charge < -0.3 is 20.3 Å². The van der Waals surface area contributed by atoms with Crippen LogP contribution in [0, 0.1) is 11.7 Å². The van der Waals surface area contributed by atoms with Crippen LogP contribution in [0.25, 0.3) is 0 Å². The highest BCUT2D eigenvalue weighted by Gasteiger charge is 2.26. The molecule has 0 aliphatic carbocycles. The van der Waals surface area contributed by atoms with Crippen molar-refractivity contribution in [1.82, 2.24) is 20.5 Å². The second-order valence-electron chi connectivity index (χ2n) is 7.36. The average molecular weight is 378 g/mol. The van der Waals surface area contributed by atoms with Crippen LogP contribution in [0.2, 0.25) is 0 Å². The minimum atomic E-state index is -0.266. The molecule has 8 heteroatoms. The first kappa shape index (κ1) is 19.8. The first-order valence-corrected chi connectivity index (χ1v) is 9.78. The molecule has 0 spiro atoms. The van der Waals surface area contributed by atoms with Crippen molar-refractivity contribution in [1.29, 1.82) is 0 Å². The van der Waals surface area contributed by atoms with Crippen molar-refractivity contribution in [3.05, 3.63) is 24.1 Å². The second kappa shape index (κ2) is 9.85. The maximum absolute atomic E-state index is 13.9. The minimum Gasteiger partial charge on any atom is -0.379 e. The van der Waals surface area contributed by atoms with Gasteiger partial charge in [0.15, 0.2) is 17.6 Å². The zero-order chi connectivity index (χ0) is 19.1. The number of rotatable bonds is 6. The molecule has 0 radical (unpaired) electrons. The Morgan fingerprint density at radius 1 is 1.41 bits per heavy atom. The van der Waals surface area contributed by atoms with E-state index in [4.69, 9.17) is 4.74 Å². The fourth-order valence-electron chi connectivity index (χ4n) is 3.63. The Kier molecular flexibility index (Phi) is 7.23. The summed E-state index contributed by atoms with van der Waals surface area (Å²) < 4.78 is 19.3. The standard InChI is InChI=1S/C19H31FN6O/c1-15(13-25-8-10-27-11-9-25)12-23-19(21-2)24-16-5-7-26(14-16)18-17(20)4-3-6-22-18/h3-4,6,15-16H,5,7-14H2,1-2H3,(H2,21,23,24). The number of halogens is 1. The van der Waals surface area contributed by atoms with Crippen molar-refractivity contribution in [2.24, 2.45) is 10.9 Å². The van der Waals surface area contributed by atoms with E-state index in [1.807, 2.05) is 4.90 Å². The van der Waals surface area contributed by atoms with Crippen molar-refractivity contribution in [3.8, 4) is 0 Å². The molecule has 2 fully saturated rings. The fraction of sp³-hybridized carbons (Fsp3) is 0.684. The summed E-state index contributed by atoms with van der Waals surface area (Å²) in [4.78, 5) is 12.9. The first-order valence-electron chi connectivity index (χ1n) is 9.78. The number of pyridine rings is 1. The maximum Gasteiger partial charge on any atom is 0.191 e. The average Bonchev–Trinajstić information content (AvgIpc) is 3.14. The number of guanidine groups is 1. The van der Waals surface area contributed by atoms with Gasteiger partial charge in [-0.25, -0.2) is 9.37 Å². The molecular weight excluding hydrogens is 347 g/mol. The Morgan fingerprint density at radius 3 is 2.96 bits per heavy atom. The maximum atomic E-state index is 13.9. The Labute approximate surface area is 161 Å². The summed E-state index contributed by atoms with van der Waals surface area (Å²) in [6.07, 6.45) is 2.57. The van der Waals surface area contributed by atoms with Gasteiger partial charge in [-0.05, 0) is 24.5 Å². The van der Waals surface area contributed by atoms with Gasteiger partial charge in [0.25, 0.3) is 0 Å². The Balaban J connectivity index is 1.42. The number of nitrogens with zero attached hydrogens (tertiary/aromatic N) is 4. The van der Waals surface area contributed by atoms with Crippen molar-refractivity contribution < 1.29 is 9.13 Å². The predicted molar refractivity (Wildman–Crippen MR) is 106 cm³/mol. The number of hydrogen-bond donors (Lipinski definition) is 2. The molecule has 27 heavy (non-hydrogen) atoms. The van der Waals surface area contributed by atoms with Crippen LogP contribution >= 0.6 is 0 Å². The molecule has 150 valence electrons. The van der Waals surface area contributed by atoms with Crippen LogP contribution in [0.5, 0.6) is 0 Å². The van der Waals surface area contributed by atoms with Crippen LogP contribution in [0.15, 0.2) is 23.3 Å². The van der Waals surface area contributed by atoms with E-state index in [1.165, 1.54) is 6.07 Å². The molecule has 1 aromatic rings. The van der Waals surface area contributed by atoms with E-state index in [0.717, 1.165) is 64.9 Å². The topological polar surface area (TPSA) is 65.0 Å². The van der Waals surface area contributed by atoms with E-state index in [0.29, 0.717) is 11.7 Å². The van der Waals surface area contributed by atoms with Gasteiger partial charge >= 0.3 is 0 Å². The van der Waals surface area contributed by atoms with Crippen LogP contribution in [0.3, 0.4) is 0 Å². The van der Waals surface area contributed by atoms with E-state index >= 15 is 0 Å². The number of aromatic nitrogens is 1. The van der Waals surface area contributed by atoms with Crippen molar-refractivity contribution >= 4 is 11.8 Å². The Bertz CT molecular complexity index is 622. The summed E-state index contributed by atoms with van der Waals surface area (Å²) in [5.74, 6) is 1.49. The van der Waals surface area contributed by atoms with Gasteiger partial charge in [-0.1, -0.05) is 6.92 Å². The number of ether oxygens (including phenoxy) is 1. The molecule has 1 aromatic heterocycles. The van der Waals surface area contributed by atoms with E-state index in [9.17, 15) is 4.39 Å². The van der Waals surface area contributed by atoms with Gasteiger partial charge in [0, 0.05) is 58.6 Å².